The molecule has 1 aromatic rings. The fraction of sp³-hybridized carbons (Fsp3) is 0.684. The SMILES string of the molecule is CN(C)CCCNC(=O)c1nc(C(=O)N2CCN(C=O)CC2)c2n1CCCC2. The molecule has 0 spiro atoms. The van der Waals surface area contributed by atoms with Crippen molar-refractivity contribution < 1.29 is 14.4 Å². The highest BCUT2D eigenvalue weighted by molar-refractivity contribution is 5.97. The predicted octanol–water partition coefficient (Wildman–Crippen LogP) is -0.185. The van der Waals surface area contributed by atoms with Gasteiger partial charge in [0.25, 0.3) is 11.8 Å². The first-order valence-corrected chi connectivity index (χ1v) is 10.0. The number of aromatic nitrogens is 2. The minimum atomic E-state index is -0.216. The van der Waals surface area contributed by atoms with E-state index in [2.05, 4.69) is 15.2 Å². The van der Waals surface area contributed by atoms with Crippen molar-refractivity contribution in [2.45, 2.75) is 32.2 Å². The standard InChI is InChI=1S/C19H30N6O3/c1-22(2)8-5-7-20-18(27)17-21-16(15-6-3-4-9-25(15)17)19(28)24-12-10-23(14-26)11-13-24/h14H,3-13H2,1-2H3,(H,20,27). The Morgan fingerprint density at radius 2 is 1.89 bits per heavy atom. The lowest BCUT2D eigenvalue weighted by molar-refractivity contribution is -0.119. The van der Waals surface area contributed by atoms with Gasteiger partial charge < -0.3 is 24.6 Å². The van der Waals surface area contributed by atoms with Crippen LogP contribution in [0.4, 0.5) is 0 Å². The lowest BCUT2D eigenvalue weighted by Gasteiger charge is -2.32. The second-order valence-electron chi connectivity index (χ2n) is 7.69. The number of carbonyl (C=O) groups excluding carboxylic acids is 3. The van der Waals surface area contributed by atoms with Gasteiger partial charge in [-0.05, 0) is 46.3 Å². The molecule has 0 saturated carbocycles. The molecule has 9 heteroatoms. The van der Waals surface area contributed by atoms with Crippen LogP contribution in [-0.4, -0.2) is 95.8 Å². The third kappa shape index (κ3) is 4.52. The van der Waals surface area contributed by atoms with Gasteiger partial charge in [0.2, 0.25) is 6.41 Å². The Labute approximate surface area is 165 Å². The van der Waals surface area contributed by atoms with Crippen LogP contribution in [0.2, 0.25) is 0 Å². The van der Waals surface area contributed by atoms with Crippen LogP contribution in [0.1, 0.15) is 46.1 Å². The molecule has 0 aliphatic carbocycles. The predicted molar refractivity (Wildman–Crippen MR) is 104 cm³/mol. The Morgan fingerprint density at radius 3 is 2.57 bits per heavy atom. The van der Waals surface area contributed by atoms with Gasteiger partial charge in [0, 0.05) is 39.3 Å². The van der Waals surface area contributed by atoms with Crippen molar-refractivity contribution in [1.29, 1.82) is 0 Å². The normalized spacial score (nSPS) is 16.8. The van der Waals surface area contributed by atoms with Crippen LogP contribution in [0.3, 0.4) is 0 Å². The van der Waals surface area contributed by atoms with E-state index in [1.54, 1.807) is 9.80 Å². The number of nitrogens with one attached hydrogen (secondary N) is 1. The number of hydrogen-bond donors (Lipinski definition) is 1. The van der Waals surface area contributed by atoms with E-state index in [1.807, 2.05) is 18.7 Å². The number of nitrogens with zero attached hydrogens (tertiary/aromatic N) is 5. The Morgan fingerprint density at radius 1 is 1.14 bits per heavy atom. The minimum absolute atomic E-state index is 0.136. The van der Waals surface area contributed by atoms with Crippen LogP contribution < -0.4 is 5.32 Å². The first kappa shape index (κ1) is 20.3. The number of imidazole rings is 1. The maximum Gasteiger partial charge on any atom is 0.287 e. The summed E-state index contributed by atoms with van der Waals surface area (Å²) in [6, 6.07) is 0. The molecule has 0 aromatic carbocycles. The molecule has 9 nitrogen and oxygen atoms in total. The van der Waals surface area contributed by atoms with E-state index in [1.165, 1.54) is 0 Å². The third-order valence-corrected chi connectivity index (χ3v) is 5.34. The van der Waals surface area contributed by atoms with E-state index in [4.69, 9.17) is 0 Å². The lowest BCUT2D eigenvalue weighted by Crippen LogP contribution is -2.48. The van der Waals surface area contributed by atoms with Gasteiger partial charge in [-0.15, -0.1) is 0 Å². The van der Waals surface area contributed by atoms with Crippen molar-refractivity contribution in [1.82, 2.24) is 29.6 Å². The molecule has 1 N–H and O–H groups in total. The molecular weight excluding hydrogens is 360 g/mol. The Hall–Kier alpha value is -2.42. The molecule has 2 aliphatic rings. The summed E-state index contributed by atoms with van der Waals surface area (Å²) in [4.78, 5) is 46.6. The van der Waals surface area contributed by atoms with E-state index in [9.17, 15) is 14.4 Å². The zero-order chi connectivity index (χ0) is 20.1. The second kappa shape index (κ2) is 9.18. The number of fused-ring (bicyclic) bond motifs is 1. The average Bonchev–Trinajstić information content (AvgIpc) is 3.10. The number of rotatable bonds is 7. The van der Waals surface area contributed by atoms with E-state index >= 15 is 0 Å². The zero-order valence-corrected chi connectivity index (χ0v) is 16.8. The molecule has 28 heavy (non-hydrogen) atoms. The molecule has 0 bridgehead atoms. The molecule has 1 saturated heterocycles. The smallest absolute Gasteiger partial charge is 0.287 e. The number of amides is 3. The molecular formula is C19H30N6O3. The highest BCUT2D eigenvalue weighted by Gasteiger charge is 2.31. The van der Waals surface area contributed by atoms with Crippen molar-refractivity contribution >= 4 is 18.2 Å². The number of hydrogen-bond acceptors (Lipinski definition) is 5. The summed E-state index contributed by atoms with van der Waals surface area (Å²) in [7, 11) is 4.00. The van der Waals surface area contributed by atoms with Crippen LogP contribution in [0.25, 0.3) is 0 Å². The second-order valence-corrected chi connectivity index (χ2v) is 7.69. The largest absolute Gasteiger partial charge is 0.349 e. The maximum atomic E-state index is 13.0. The van der Waals surface area contributed by atoms with E-state index in [-0.39, 0.29) is 11.8 Å². The molecule has 154 valence electrons. The summed E-state index contributed by atoms with van der Waals surface area (Å²) in [5.41, 5.74) is 1.27. The van der Waals surface area contributed by atoms with Gasteiger partial charge in [-0.25, -0.2) is 4.98 Å². The van der Waals surface area contributed by atoms with Gasteiger partial charge in [0.15, 0.2) is 5.82 Å². The van der Waals surface area contributed by atoms with Gasteiger partial charge in [0.1, 0.15) is 5.69 Å². The van der Waals surface area contributed by atoms with Crippen LogP contribution in [0, 0.1) is 0 Å². The highest BCUT2D eigenvalue weighted by Crippen LogP contribution is 2.22. The first-order chi connectivity index (χ1) is 13.5. The zero-order valence-electron chi connectivity index (χ0n) is 16.8. The van der Waals surface area contributed by atoms with Crippen molar-refractivity contribution in [2.24, 2.45) is 0 Å². The molecule has 3 heterocycles. The molecule has 3 amide bonds. The summed E-state index contributed by atoms with van der Waals surface area (Å²) in [6.45, 7) is 4.25. The van der Waals surface area contributed by atoms with Crippen molar-refractivity contribution in [2.75, 3.05) is 53.4 Å². The van der Waals surface area contributed by atoms with Gasteiger partial charge in [-0.3, -0.25) is 14.4 Å². The summed E-state index contributed by atoms with van der Waals surface area (Å²) < 4.78 is 1.92. The summed E-state index contributed by atoms with van der Waals surface area (Å²) in [5, 5.41) is 2.93. The maximum absolute atomic E-state index is 13.0. The van der Waals surface area contributed by atoms with Gasteiger partial charge in [0.05, 0.1) is 5.69 Å². The monoisotopic (exact) mass is 390 g/mol. The molecule has 0 unspecified atom stereocenters. The molecule has 2 aliphatic heterocycles. The fourth-order valence-electron chi connectivity index (χ4n) is 3.74. The number of carbonyl (C=O) groups is 3. The Bertz CT molecular complexity index is 721. The van der Waals surface area contributed by atoms with E-state index in [0.717, 1.165) is 50.9 Å². The topological polar surface area (TPSA) is 90.8 Å². The minimum Gasteiger partial charge on any atom is -0.349 e. The molecule has 1 aromatic heterocycles. The molecule has 0 radical (unpaired) electrons. The van der Waals surface area contributed by atoms with Crippen molar-refractivity contribution in [3.8, 4) is 0 Å². The van der Waals surface area contributed by atoms with Crippen LogP contribution in [-0.2, 0) is 17.8 Å². The summed E-state index contributed by atoms with van der Waals surface area (Å²) in [5.74, 6) is -0.0102. The Balaban J connectivity index is 1.73. The van der Waals surface area contributed by atoms with Crippen molar-refractivity contribution in [3.63, 3.8) is 0 Å². The summed E-state index contributed by atoms with van der Waals surface area (Å²) >= 11 is 0. The van der Waals surface area contributed by atoms with E-state index in [0.29, 0.717) is 44.2 Å². The average molecular weight is 390 g/mol. The third-order valence-electron chi connectivity index (χ3n) is 5.34. The Kier molecular flexibility index (Phi) is 6.66. The molecule has 0 atom stereocenters. The quantitative estimate of drug-likeness (QED) is 0.515. The first-order valence-electron chi connectivity index (χ1n) is 10.0. The van der Waals surface area contributed by atoms with Crippen LogP contribution in [0.15, 0.2) is 0 Å². The van der Waals surface area contributed by atoms with Gasteiger partial charge >= 0.3 is 0 Å². The highest BCUT2D eigenvalue weighted by atomic mass is 16.2. The van der Waals surface area contributed by atoms with E-state index < -0.39 is 0 Å². The summed E-state index contributed by atoms with van der Waals surface area (Å²) in [6.07, 6.45) is 4.42. The van der Waals surface area contributed by atoms with Crippen molar-refractivity contribution in [3.05, 3.63) is 17.2 Å². The molecule has 1 fully saturated rings. The van der Waals surface area contributed by atoms with Crippen LogP contribution in [0.5, 0.6) is 0 Å². The molecule has 3 rings (SSSR count). The van der Waals surface area contributed by atoms with Gasteiger partial charge in [-0.1, -0.05) is 0 Å². The number of piperazine rings is 1. The fourth-order valence-corrected chi connectivity index (χ4v) is 3.74. The van der Waals surface area contributed by atoms with Crippen LogP contribution >= 0.6 is 0 Å². The van der Waals surface area contributed by atoms with Gasteiger partial charge in [-0.2, -0.15) is 0 Å². The lowest BCUT2D eigenvalue weighted by atomic mass is 10.1.